The Kier molecular flexibility index (Phi) is 5.15. The topological polar surface area (TPSA) is 85.9 Å². The average Bonchev–Trinajstić information content (AvgIpc) is 3.26. The lowest BCUT2D eigenvalue weighted by Crippen LogP contribution is -2.45. The summed E-state index contributed by atoms with van der Waals surface area (Å²) in [6.45, 7) is 0.166. The van der Waals surface area contributed by atoms with E-state index in [2.05, 4.69) is 15.3 Å². The number of hydrogen-bond donors (Lipinski definition) is 0. The smallest absolute Gasteiger partial charge is 0.243 e. The van der Waals surface area contributed by atoms with Crippen LogP contribution in [0.1, 0.15) is 6.42 Å². The molecule has 0 saturated carbocycles. The zero-order chi connectivity index (χ0) is 19.9. The van der Waals surface area contributed by atoms with Gasteiger partial charge in [0.05, 0.1) is 10.4 Å². The van der Waals surface area contributed by atoms with E-state index in [1.165, 1.54) is 28.2 Å². The average molecular weight is 425 g/mol. The molecule has 0 N–H and O–H groups in total. The van der Waals surface area contributed by atoms with Gasteiger partial charge in [0.25, 0.3) is 0 Å². The van der Waals surface area contributed by atoms with Crippen molar-refractivity contribution in [2.24, 2.45) is 20.0 Å². The van der Waals surface area contributed by atoms with Crippen LogP contribution in [0.4, 0.5) is 4.39 Å². The highest BCUT2D eigenvalue weighted by Crippen LogP contribution is 2.30. The highest BCUT2D eigenvalue weighted by Gasteiger charge is 2.36. The number of fused-ring (bicyclic) bond motifs is 1. The molecular formula is C17H21FN6O2S2. The van der Waals surface area contributed by atoms with Crippen molar-refractivity contribution in [3.8, 4) is 0 Å². The number of piperidine rings is 1. The normalized spacial score (nSPS) is 21.4. The first-order chi connectivity index (χ1) is 13.4. The lowest BCUT2D eigenvalue weighted by Gasteiger charge is -2.33. The summed E-state index contributed by atoms with van der Waals surface area (Å²) in [6.07, 6.45) is 2.82. The van der Waals surface area contributed by atoms with Crippen LogP contribution in [0.3, 0.4) is 0 Å². The Hall–Kier alpha value is -1.98. The molecule has 11 heteroatoms. The Balaban J connectivity index is 1.45. The van der Waals surface area contributed by atoms with Crippen molar-refractivity contribution in [3.05, 3.63) is 30.6 Å². The minimum atomic E-state index is -3.77. The van der Waals surface area contributed by atoms with E-state index in [-0.39, 0.29) is 17.4 Å². The summed E-state index contributed by atoms with van der Waals surface area (Å²) in [4.78, 5) is 4.35. The molecule has 2 aromatic heterocycles. The lowest BCUT2D eigenvalue weighted by molar-refractivity contribution is 0.146. The molecule has 1 saturated heterocycles. The van der Waals surface area contributed by atoms with E-state index in [1.807, 2.05) is 17.8 Å². The molecule has 1 aromatic carbocycles. The monoisotopic (exact) mass is 424 g/mol. The van der Waals surface area contributed by atoms with Crippen LogP contribution in [-0.2, 0) is 24.1 Å². The predicted molar refractivity (Wildman–Crippen MR) is 104 cm³/mol. The molecule has 1 aliphatic heterocycles. The van der Waals surface area contributed by atoms with Crippen LogP contribution in [-0.4, -0.2) is 62.3 Å². The molecule has 150 valence electrons. The number of nitrogens with zero attached hydrogens (tertiary/aromatic N) is 6. The summed E-state index contributed by atoms with van der Waals surface area (Å²) in [5.74, 6) is 0.376. The van der Waals surface area contributed by atoms with E-state index >= 15 is 0 Å². The maximum atomic E-state index is 14.8. The highest BCUT2D eigenvalue weighted by molar-refractivity contribution is 7.99. The number of alkyl halides is 1. The Bertz CT molecular complexity index is 1100. The van der Waals surface area contributed by atoms with Crippen LogP contribution in [0.5, 0.6) is 0 Å². The lowest BCUT2D eigenvalue weighted by atomic mass is 9.98. The summed E-state index contributed by atoms with van der Waals surface area (Å²) in [7, 11) is -0.137. The van der Waals surface area contributed by atoms with Crippen molar-refractivity contribution in [2.45, 2.75) is 22.6 Å². The van der Waals surface area contributed by atoms with Crippen molar-refractivity contribution in [2.75, 3.05) is 18.8 Å². The molecule has 0 unspecified atom stereocenters. The van der Waals surface area contributed by atoms with E-state index in [0.717, 1.165) is 10.7 Å². The number of thioether (sulfide) groups is 1. The second-order valence-electron chi connectivity index (χ2n) is 6.92. The quantitative estimate of drug-likeness (QED) is 0.581. The summed E-state index contributed by atoms with van der Waals surface area (Å²) >= 11 is 1.50. The van der Waals surface area contributed by atoms with Crippen molar-refractivity contribution in [1.82, 2.24) is 28.9 Å². The number of aryl methyl sites for hydroxylation is 2. The summed E-state index contributed by atoms with van der Waals surface area (Å²) < 4.78 is 45.4. The molecule has 3 aromatic rings. The molecular weight excluding hydrogens is 403 g/mol. The van der Waals surface area contributed by atoms with Gasteiger partial charge >= 0.3 is 0 Å². The van der Waals surface area contributed by atoms with Crippen molar-refractivity contribution >= 4 is 32.8 Å². The highest BCUT2D eigenvalue weighted by atomic mass is 32.2. The number of imidazole rings is 1. The molecule has 2 atom stereocenters. The Labute approximate surface area is 166 Å². The maximum absolute atomic E-state index is 14.8. The van der Waals surface area contributed by atoms with Crippen LogP contribution >= 0.6 is 11.8 Å². The first kappa shape index (κ1) is 19.3. The van der Waals surface area contributed by atoms with Crippen molar-refractivity contribution < 1.29 is 12.8 Å². The number of sulfonamides is 1. The van der Waals surface area contributed by atoms with Gasteiger partial charge in [-0.15, -0.1) is 5.10 Å². The van der Waals surface area contributed by atoms with Crippen LogP contribution in [0.2, 0.25) is 0 Å². The number of benzene rings is 1. The van der Waals surface area contributed by atoms with E-state index in [9.17, 15) is 12.8 Å². The number of hydrogen-bond acceptors (Lipinski definition) is 6. The zero-order valence-electron chi connectivity index (χ0n) is 15.6. The van der Waals surface area contributed by atoms with E-state index < -0.39 is 16.2 Å². The standard InChI is InChI=1S/C17H21FN6O2S2/c1-22-8-6-19-17(22)27-11-12-5-7-24(10-14(12)18)28(25,26)13-3-4-16-15(9-13)20-21-23(16)2/h3-4,6,8-9,12,14H,5,7,10-11H2,1-2H3/t12-,14+/m0/s1. The number of halogens is 1. The SMILES string of the molecule is Cn1ccnc1SC[C@@H]1CCN(S(=O)(=O)c2ccc3c(c2)nnn3C)C[C@H]1F. The van der Waals surface area contributed by atoms with E-state index in [4.69, 9.17) is 0 Å². The zero-order valence-corrected chi connectivity index (χ0v) is 17.2. The molecule has 1 fully saturated rings. The van der Waals surface area contributed by atoms with Crippen LogP contribution in [0.15, 0.2) is 40.6 Å². The van der Waals surface area contributed by atoms with Crippen molar-refractivity contribution in [1.29, 1.82) is 0 Å². The van der Waals surface area contributed by atoms with Gasteiger partial charge in [-0.05, 0) is 24.6 Å². The van der Waals surface area contributed by atoms with E-state index in [1.54, 1.807) is 24.0 Å². The van der Waals surface area contributed by atoms with Gasteiger partial charge in [-0.3, -0.25) is 0 Å². The van der Waals surface area contributed by atoms with Crippen LogP contribution in [0.25, 0.3) is 11.0 Å². The largest absolute Gasteiger partial charge is 0.329 e. The van der Waals surface area contributed by atoms with Gasteiger partial charge in [-0.2, -0.15) is 4.31 Å². The van der Waals surface area contributed by atoms with Crippen LogP contribution in [0, 0.1) is 5.92 Å². The summed E-state index contributed by atoms with van der Waals surface area (Å²) in [5, 5.41) is 8.69. The molecule has 0 radical (unpaired) electrons. The molecule has 28 heavy (non-hydrogen) atoms. The van der Waals surface area contributed by atoms with Gasteiger partial charge in [0.2, 0.25) is 10.0 Å². The minimum Gasteiger partial charge on any atom is -0.329 e. The van der Waals surface area contributed by atoms with Gasteiger partial charge in [0, 0.05) is 51.2 Å². The molecule has 8 nitrogen and oxygen atoms in total. The molecule has 0 aliphatic carbocycles. The fourth-order valence-electron chi connectivity index (χ4n) is 3.33. The molecule has 0 bridgehead atoms. The second kappa shape index (κ2) is 7.45. The first-order valence-electron chi connectivity index (χ1n) is 8.90. The van der Waals surface area contributed by atoms with Gasteiger partial charge in [0.15, 0.2) is 5.16 Å². The molecule has 4 rings (SSSR count). The Morgan fingerprint density at radius 2 is 2.14 bits per heavy atom. The third-order valence-electron chi connectivity index (χ3n) is 5.06. The molecule has 3 heterocycles. The summed E-state index contributed by atoms with van der Waals surface area (Å²) in [6, 6.07) is 4.69. The van der Waals surface area contributed by atoms with Gasteiger partial charge < -0.3 is 4.57 Å². The van der Waals surface area contributed by atoms with Crippen LogP contribution < -0.4 is 0 Å². The Morgan fingerprint density at radius 3 is 2.86 bits per heavy atom. The Morgan fingerprint density at radius 1 is 1.32 bits per heavy atom. The molecule has 0 spiro atoms. The maximum Gasteiger partial charge on any atom is 0.243 e. The number of rotatable bonds is 5. The molecule has 0 amide bonds. The van der Waals surface area contributed by atoms with Gasteiger partial charge in [-0.1, -0.05) is 17.0 Å². The third-order valence-corrected chi connectivity index (χ3v) is 8.17. The third kappa shape index (κ3) is 3.53. The minimum absolute atomic E-state index is 0.119. The van der Waals surface area contributed by atoms with E-state index in [0.29, 0.717) is 24.2 Å². The van der Waals surface area contributed by atoms with Crippen molar-refractivity contribution in [3.63, 3.8) is 0 Å². The first-order valence-corrected chi connectivity index (χ1v) is 11.3. The predicted octanol–water partition coefficient (Wildman–Crippen LogP) is 1.84. The summed E-state index contributed by atoms with van der Waals surface area (Å²) in [5.41, 5.74) is 1.24. The second-order valence-corrected chi connectivity index (χ2v) is 9.85. The van der Waals surface area contributed by atoms with Gasteiger partial charge in [-0.25, -0.2) is 22.5 Å². The fraction of sp³-hybridized carbons (Fsp3) is 0.471. The molecule has 1 aliphatic rings. The number of aromatic nitrogens is 5. The van der Waals surface area contributed by atoms with Gasteiger partial charge in [0.1, 0.15) is 11.7 Å². The fourth-order valence-corrected chi connectivity index (χ4v) is 5.96.